The van der Waals surface area contributed by atoms with Crippen molar-refractivity contribution in [1.82, 2.24) is 10.3 Å². The van der Waals surface area contributed by atoms with Crippen LogP contribution in [-0.4, -0.2) is 16.0 Å². The van der Waals surface area contributed by atoms with E-state index in [1.54, 1.807) is 12.1 Å². The molecule has 0 saturated heterocycles. The second-order valence-electron chi connectivity index (χ2n) is 4.10. The zero-order chi connectivity index (χ0) is 14.0. The van der Waals surface area contributed by atoms with E-state index in [1.165, 1.54) is 6.07 Å². The molecule has 1 aromatic heterocycles. The molecule has 0 radical (unpaired) electrons. The molecule has 6 heteroatoms. The summed E-state index contributed by atoms with van der Waals surface area (Å²) in [4.78, 5) is 16.0. The molecular weight excluding hydrogens is 312 g/mol. The lowest BCUT2D eigenvalue weighted by molar-refractivity contribution is 0.0946. The van der Waals surface area contributed by atoms with E-state index in [0.717, 1.165) is 11.5 Å². The summed E-state index contributed by atoms with van der Waals surface area (Å²) >= 11 is 3.16. The molecule has 0 spiro atoms. The number of aromatic hydroxyl groups is 1. The highest BCUT2D eigenvalue weighted by Gasteiger charge is 2.10. The van der Waals surface area contributed by atoms with Gasteiger partial charge in [0.15, 0.2) is 0 Å². The van der Waals surface area contributed by atoms with Crippen LogP contribution in [0.4, 0.5) is 0 Å². The van der Waals surface area contributed by atoms with Gasteiger partial charge in [-0.1, -0.05) is 0 Å². The average molecular weight is 325 g/mol. The highest BCUT2D eigenvalue weighted by atomic mass is 79.9. The Kier molecular flexibility index (Phi) is 3.90. The zero-order valence-corrected chi connectivity index (χ0v) is 12.1. The van der Waals surface area contributed by atoms with Gasteiger partial charge in [-0.3, -0.25) is 4.79 Å². The number of hydrogen-bond acceptors (Lipinski definition) is 4. The van der Waals surface area contributed by atoms with Crippen LogP contribution < -0.4 is 5.32 Å². The summed E-state index contributed by atoms with van der Waals surface area (Å²) in [5, 5.41) is 12.2. The van der Waals surface area contributed by atoms with Crippen LogP contribution in [0.25, 0.3) is 0 Å². The van der Waals surface area contributed by atoms with Gasteiger partial charge in [-0.05, 0) is 48.0 Å². The first-order chi connectivity index (χ1) is 8.97. The Balaban J connectivity index is 2.03. The van der Waals surface area contributed by atoms with Crippen LogP contribution in [0.15, 0.2) is 27.1 Å². The molecule has 1 aromatic carbocycles. The summed E-state index contributed by atoms with van der Waals surface area (Å²) < 4.78 is 5.91. The first kappa shape index (κ1) is 13.6. The van der Waals surface area contributed by atoms with Crippen molar-refractivity contribution in [3.8, 4) is 5.75 Å². The Morgan fingerprint density at radius 3 is 2.79 bits per heavy atom. The molecule has 0 unspecified atom stereocenters. The predicted molar refractivity (Wildman–Crippen MR) is 73.0 cm³/mol. The lowest BCUT2D eigenvalue weighted by atomic mass is 10.2. The number of aryl methyl sites for hydroxylation is 2. The molecule has 5 nitrogen and oxygen atoms in total. The summed E-state index contributed by atoms with van der Waals surface area (Å²) in [5.41, 5.74) is 1.19. The summed E-state index contributed by atoms with van der Waals surface area (Å²) in [7, 11) is 0. The van der Waals surface area contributed by atoms with Gasteiger partial charge in [0.1, 0.15) is 11.5 Å². The molecule has 0 aliphatic heterocycles. The van der Waals surface area contributed by atoms with Crippen LogP contribution in [0.3, 0.4) is 0 Å². The Bertz CT molecular complexity index is 603. The molecule has 0 aliphatic rings. The summed E-state index contributed by atoms with van der Waals surface area (Å²) in [6, 6.07) is 4.63. The smallest absolute Gasteiger partial charge is 0.251 e. The van der Waals surface area contributed by atoms with Crippen molar-refractivity contribution in [2.75, 3.05) is 0 Å². The number of rotatable bonds is 3. The molecule has 0 saturated carbocycles. The predicted octanol–water partition coefficient (Wildman–Crippen LogP) is 2.69. The molecule has 2 aromatic rings. The minimum absolute atomic E-state index is 0.0236. The molecule has 0 atom stereocenters. The van der Waals surface area contributed by atoms with Gasteiger partial charge in [0.25, 0.3) is 5.91 Å². The zero-order valence-electron chi connectivity index (χ0n) is 10.5. The molecule has 2 N–H and O–H groups in total. The van der Waals surface area contributed by atoms with Gasteiger partial charge in [-0.15, -0.1) is 0 Å². The number of nitrogens with one attached hydrogen (secondary N) is 1. The van der Waals surface area contributed by atoms with Crippen molar-refractivity contribution < 1.29 is 14.3 Å². The largest absolute Gasteiger partial charge is 0.507 e. The maximum absolute atomic E-state index is 11.9. The maximum atomic E-state index is 11.9. The van der Waals surface area contributed by atoms with Crippen LogP contribution in [0.2, 0.25) is 0 Å². The minimum atomic E-state index is -0.295. The highest BCUT2D eigenvalue weighted by Crippen LogP contribution is 2.24. The van der Waals surface area contributed by atoms with Crippen LogP contribution in [0.1, 0.15) is 27.7 Å². The van der Waals surface area contributed by atoms with E-state index in [0.29, 0.717) is 15.9 Å². The van der Waals surface area contributed by atoms with Gasteiger partial charge < -0.3 is 14.8 Å². The third kappa shape index (κ3) is 3.14. The number of halogens is 1. The molecule has 0 fully saturated rings. The third-order valence-corrected chi connectivity index (χ3v) is 3.35. The molecule has 1 heterocycles. The number of carbonyl (C=O) groups is 1. The van der Waals surface area contributed by atoms with Crippen molar-refractivity contribution in [2.24, 2.45) is 0 Å². The number of phenols is 1. The summed E-state index contributed by atoms with van der Waals surface area (Å²) in [6.07, 6.45) is 0. The molecule has 19 heavy (non-hydrogen) atoms. The third-order valence-electron chi connectivity index (χ3n) is 2.68. The van der Waals surface area contributed by atoms with E-state index in [2.05, 4.69) is 26.2 Å². The highest BCUT2D eigenvalue weighted by molar-refractivity contribution is 9.10. The van der Waals surface area contributed by atoms with Gasteiger partial charge in [0.05, 0.1) is 16.7 Å². The first-order valence-corrected chi connectivity index (χ1v) is 6.46. The quantitative estimate of drug-likeness (QED) is 0.910. The number of oxazole rings is 1. The lowest BCUT2D eigenvalue weighted by Gasteiger charge is -2.04. The normalized spacial score (nSPS) is 10.5. The maximum Gasteiger partial charge on any atom is 0.251 e. The second kappa shape index (κ2) is 5.44. The van der Waals surface area contributed by atoms with Crippen molar-refractivity contribution in [3.63, 3.8) is 0 Å². The van der Waals surface area contributed by atoms with E-state index >= 15 is 0 Å². The molecule has 2 rings (SSSR count). The van der Waals surface area contributed by atoms with E-state index in [1.807, 2.05) is 13.8 Å². The van der Waals surface area contributed by atoms with Crippen molar-refractivity contribution in [1.29, 1.82) is 0 Å². The van der Waals surface area contributed by atoms with Crippen LogP contribution in [0, 0.1) is 13.8 Å². The fourth-order valence-corrected chi connectivity index (χ4v) is 1.77. The number of phenolic OH excluding ortho intramolecular Hbond substituents is 1. The van der Waals surface area contributed by atoms with Gasteiger partial charge in [0.2, 0.25) is 5.89 Å². The topological polar surface area (TPSA) is 75.4 Å². The number of benzene rings is 1. The molecule has 0 bridgehead atoms. The van der Waals surface area contributed by atoms with Gasteiger partial charge in [-0.2, -0.15) is 0 Å². The molecular formula is C13H13BrN2O3. The van der Waals surface area contributed by atoms with Gasteiger partial charge in [0, 0.05) is 5.56 Å². The summed E-state index contributed by atoms with van der Waals surface area (Å²) in [6.45, 7) is 3.88. The number of aromatic nitrogens is 1. The van der Waals surface area contributed by atoms with Crippen molar-refractivity contribution >= 4 is 21.8 Å². The number of hydrogen-bond donors (Lipinski definition) is 2. The average Bonchev–Trinajstić information content (AvgIpc) is 2.69. The SMILES string of the molecule is Cc1nc(CNC(=O)c2ccc(Br)c(O)c2)oc1C. The Hall–Kier alpha value is -1.82. The van der Waals surface area contributed by atoms with Crippen LogP contribution in [-0.2, 0) is 6.54 Å². The van der Waals surface area contributed by atoms with E-state index in [9.17, 15) is 9.90 Å². The van der Waals surface area contributed by atoms with Crippen molar-refractivity contribution in [2.45, 2.75) is 20.4 Å². The van der Waals surface area contributed by atoms with E-state index in [-0.39, 0.29) is 18.2 Å². The standard InChI is InChI=1S/C13H13BrN2O3/c1-7-8(2)19-12(16-7)6-15-13(18)9-3-4-10(14)11(17)5-9/h3-5,17H,6H2,1-2H3,(H,15,18). The van der Waals surface area contributed by atoms with Crippen molar-refractivity contribution in [3.05, 3.63) is 45.6 Å². The fourth-order valence-electron chi connectivity index (χ4n) is 1.53. The Morgan fingerprint density at radius 2 is 2.21 bits per heavy atom. The molecule has 0 aliphatic carbocycles. The Morgan fingerprint density at radius 1 is 1.47 bits per heavy atom. The first-order valence-electron chi connectivity index (χ1n) is 5.67. The molecule has 100 valence electrons. The van der Waals surface area contributed by atoms with E-state index in [4.69, 9.17) is 4.42 Å². The fraction of sp³-hybridized carbons (Fsp3) is 0.231. The minimum Gasteiger partial charge on any atom is -0.507 e. The number of amides is 1. The van der Waals surface area contributed by atoms with Crippen LogP contribution in [0.5, 0.6) is 5.75 Å². The van der Waals surface area contributed by atoms with Gasteiger partial charge in [-0.25, -0.2) is 4.98 Å². The number of carbonyl (C=O) groups excluding carboxylic acids is 1. The van der Waals surface area contributed by atoms with Gasteiger partial charge >= 0.3 is 0 Å². The Labute approximate surface area is 118 Å². The monoisotopic (exact) mass is 324 g/mol. The van der Waals surface area contributed by atoms with E-state index < -0.39 is 0 Å². The lowest BCUT2D eigenvalue weighted by Crippen LogP contribution is -2.22. The molecule has 1 amide bonds. The summed E-state index contributed by atoms with van der Waals surface area (Å²) in [5.74, 6) is 0.932. The van der Waals surface area contributed by atoms with Crippen LogP contribution >= 0.6 is 15.9 Å². The number of nitrogens with zero attached hydrogens (tertiary/aromatic N) is 1. The second-order valence-corrected chi connectivity index (χ2v) is 4.95.